The Morgan fingerprint density at radius 3 is 2.58 bits per heavy atom. The minimum absolute atomic E-state index is 0.0256. The molecule has 2 aromatic rings. The van der Waals surface area contributed by atoms with E-state index in [2.05, 4.69) is 20.0 Å². The first kappa shape index (κ1) is 26.9. The number of aliphatic hydroxyl groups excluding tert-OH is 1. The number of rotatable bonds is 9. The first-order chi connectivity index (χ1) is 16.9. The Labute approximate surface area is 201 Å². The molecule has 0 spiro atoms. The average molecular weight is 516 g/mol. The topological polar surface area (TPSA) is 164 Å². The van der Waals surface area contributed by atoms with Gasteiger partial charge in [0.05, 0.1) is 17.8 Å². The van der Waals surface area contributed by atoms with Gasteiger partial charge in [0, 0.05) is 12.3 Å². The van der Waals surface area contributed by atoms with Gasteiger partial charge in [-0.05, 0) is 44.0 Å². The Balaban J connectivity index is 1.49. The van der Waals surface area contributed by atoms with E-state index in [0.717, 1.165) is 24.3 Å². The molecule has 36 heavy (non-hydrogen) atoms. The van der Waals surface area contributed by atoms with Crippen molar-refractivity contribution in [2.75, 3.05) is 12.1 Å². The normalized spacial score (nSPS) is 19.3. The monoisotopic (exact) mass is 516 g/mol. The molecule has 0 radical (unpaired) electrons. The van der Waals surface area contributed by atoms with Gasteiger partial charge in [0.25, 0.3) is 0 Å². The van der Waals surface area contributed by atoms with E-state index in [4.69, 9.17) is 15.2 Å². The lowest BCUT2D eigenvalue weighted by molar-refractivity contribution is -0.274. The van der Waals surface area contributed by atoms with Crippen LogP contribution in [0.3, 0.4) is 0 Å². The molecule has 4 N–H and O–H groups in total. The van der Waals surface area contributed by atoms with Gasteiger partial charge in [0.2, 0.25) is 0 Å². The number of aromatic nitrogens is 2. The van der Waals surface area contributed by atoms with Gasteiger partial charge in [-0.15, -0.1) is 13.2 Å². The molecule has 1 saturated heterocycles. The highest BCUT2D eigenvalue weighted by atomic mass is 19.4. The number of carbonyl (C=O) groups is 2. The SMILES string of the molecule is CC(O)[C@@H](N)C(=O)ONc1ccn([C@H]2CC[C@@H](COC(=O)c3ccc(OC(F)(F)F)cc3)O2)c(=O)n1. The Bertz CT molecular complexity index is 1120. The number of nitrogens with two attached hydrogens (primary N) is 1. The van der Waals surface area contributed by atoms with E-state index in [1.807, 2.05) is 0 Å². The van der Waals surface area contributed by atoms with Gasteiger partial charge in [0.1, 0.15) is 24.6 Å². The number of ether oxygens (including phenoxy) is 3. The van der Waals surface area contributed by atoms with Crippen molar-refractivity contribution in [2.24, 2.45) is 5.73 Å². The molecule has 12 nitrogen and oxygen atoms in total. The van der Waals surface area contributed by atoms with E-state index in [1.54, 1.807) is 0 Å². The van der Waals surface area contributed by atoms with Gasteiger partial charge in [-0.2, -0.15) is 4.98 Å². The summed E-state index contributed by atoms with van der Waals surface area (Å²) in [5.41, 5.74) is 6.94. The Morgan fingerprint density at radius 1 is 1.28 bits per heavy atom. The first-order valence-corrected chi connectivity index (χ1v) is 10.6. The quantitative estimate of drug-likeness (QED) is 0.325. The van der Waals surface area contributed by atoms with Crippen molar-refractivity contribution in [2.45, 2.75) is 50.6 Å². The molecule has 0 amide bonds. The lowest BCUT2D eigenvalue weighted by atomic mass is 10.2. The van der Waals surface area contributed by atoms with Crippen molar-refractivity contribution in [3.63, 3.8) is 0 Å². The van der Waals surface area contributed by atoms with E-state index in [0.29, 0.717) is 12.8 Å². The lowest BCUT2D eigenvalue weighted by Crippen LogP contribution is -2.42. The fourth-order valence-corrected chi connectivity index (χ4v) is 3.11. The van der Waals surface area contributed by atoms with Gasteiger partial charge in [-0.3, -0.25) is 4.57 Å². The molecule has 15 heteroatoms. The number of hydrogen-bond donors (Lipinski definition) is 3. The second-order valence-corrected chi connectivity index (χ2v) is 7.75. The van der Waals surface area contributed by atoms with Gasteiger partial charge in [-0.25, -0.2) is 19.9 Å². The summed E-state index contributed by atoms with van der Waals surface area (Å²) in [6, 6.07) is 4.33. The zero-order chi connectivity index (χ0) is 26.5. The number of halogens is 3. The number of carbonyl (C=O) groups excluding carboxylic acids is 2. The van der Waals surface area contributed by atoms with E-state index in [1.165, 1.54) is 23.8 Å². The van der Waals surface area contributed by atoms with Crippen LogP contribution in [0.1, 0.15) is 36.4 Å². The largest absolute Gasteiger partial charge is 0.573 e. The Morgan fingerprint density at radius 2 is 1.97 bits per heavy atom. The molecule has 0 bridgehead atoms. The van der Waals surface area contributed by atoms with Gasteiger partial charge < -0.3 is 29.9 Å². The van der Waals surface area contributed by atoms with Gasteiger partial charge in [-0.1, -0.05) is 0 Å². The van der Waals surface area contributed by atoms with E-state index in [-0.39, 0.29) is 18.0 Å². The van der Waals surface area contributed by atoms with Crippen molar-refractivity contribution in [3.05, 3.63) is 52.6 Å². The smallest absolute Gasteiger partial charge is 0.459 e. The summed E-state index contributed by atoms with van der Waals surface area (Å²) in [5, 5.41) is 9.28. The standard InChI is InChI=1S/C21H23F3N4O8/c1-11(29)17(25)19(31)36-27-15-8-9-28(20(32)26-15)16-7-6-14(34-16)10-33-18(30)12-2-4-13(5-3-12)35-21(22,23)24/h2-5,8-9,11,14,16-17,29H,6-7,10,25H2,1H3,(H,26,27,32)/t11?,14-,16+,17+/m0/s1. The molecule has 0 aliphatic carbocycles. The van der Waals surface area contributed by atoms with Crippen LogP contribution in [0.15, 0.2) is 41.3 Å². The summed E-state index contributed by atoms with van der Waals surface area (Å²) >= 11 is 0. The molecule has 1 aliphatic rings. The molecule has 1 aliphatic heterocycles. The number of benzene rings is 1. The predicted octanol–water partition coefficient (Wildman–Crippen LogP) is 1.25. The third kappa shape index (κ3) is 7.40. The van der Waals surface area contributed by atoms with Crippen LogP contribution in [-0.2, 0) is 19.1 Å². The van der Waals surface area contributed by atoms with Crippen molar-refractivity contribution in [1.29, 1.82) is 0 Å². The first-order valence-electron chi connectivity index (χ1n) is 10.6. The molecule has 1 unspecified atom stereocenters. The van der Waals surface area contributed by atoms with Crippen LogP contribution in [0.25, 0.3) is 0 Å². The minimum atomic E-state index is -4.84. The highest BCUT2D eigenvalue weighted by molar-refractivity contribution is 5.89. The van der Waals surface area contributed by atoms with Crippen LogP contribution in [0.5, 0.6) is 5.75 Å². The summed E-state index contributed by atoms with van der Waals surface area (Å²) in [6.45, 7) is 1.17. The summed E-state index contributed by atoms with van der Waals surface area (Å²) in [7, 11) is 0. The summed E-state index contributed by atoms with van der Waals surface area (Å²) in [4.78, 5) is 44.6. The molecular weight excluding hydrogens is 493 g/mol. The number of nitrogens with one attached hydrogen (secondary N) is 1. The van der Waals surface area contributed by atoms with Gasteiger partial charge in [0.15, 0.2) is 5.82 Å². The summed E-state index contributed by atoms with van der Waals surface area (Å²) < 4.78 is 52.5. The third-order valence-corrected chi connectivity index (χ3v) is 5.00. The zero-order valence-electron chi connectivity index (χ0n) is 18.8. The van der Waals surface area contributed by atoms with Crippen LogP contribution in [0.2, 0.25) is 0 Å². The maximum absolute atomic E-state index is 12.3. The summed E-state index contributed by atoms with van der Waals surface area (Å²) in [5.74, 6) is -2.25. The predicted molar refractivity (Wildman–Crippen MR) is 114 cm³/mol. The molecule has 196 valence electrons. The number of hydrogen-bond acceptors (Lipinski definition) is 11. The highest BCUT2D eigenvalue weighted by Crippen LogP contribution is 2.28. The molecule has 0 saturated carbocycles. The van der Waals surface area contributed by atoms with Crippen LogP contribution < -0.4 is 21.6 Å². The van der Waals surface area contributed by atoms with Crippen LogP contribution in [0, 0.1) is 0 Å². The fraction of sp³-hybridized carbons (Fsp3) is 0.429. The molecule has 1 fully saturated rings. The maximum Gasteiger partial charge on any atom is 0.573 e. The number of aliphatic hydroxyl groups is 1. The van der Waals surface area contributed by atoms with Crippen molar-refractivity contribution in [3.8, 4) is 5.75 Å². The number of anilines is 1. The lowest BCUT2D eigenvalue weighted by Gasteiger charge is -2.17. The molecule has 4 atom stereocenters. The number of nitrogens with zero attached hydrogens (tertiary/aromatic N) is 2. The fourth-order valence-electron chi connectivity index (χ4n) is 3.11. The molecule has 2 heterocycles. The van der Waals surface area contributed by atoms with Crippen LogP contribution in [0.4, 0.5) is 19.0 Å². The van der Waals surface area contributed by atoms with Crippen LogP contribution >= 0.6 is 0 Å². The third-order valence-electron chi connectivity index (χ3n) is 5.00. The van der Waals surface area contributed by atoms with E-state index in [9.17, 15) is 32.7 Å². The van der Waals surface area contributed by atoms with Crippen LogP contribution in [-0.4, -0.2) is 57.8 Å². The van der Waals surface area contributed by atoms with E-state index >= 15 is 0 Å². The van der Waals surface area contributed by atoms with Gasteiger partial charge >= 0.3 is 24.0 Å². The number of esters is 1. The number of alkyl halides is 3. The molecule has 1 aromatic heterocycles. The zero-order valence-corrected chi connectivity index (χ0v) is 18.8. The van der Waals surface area contributed by atoms with Crippen molar-refractivity contribution in [1.82, 2.24) is 9.55 Å². The molecule has 1 aromatic carbocycles. The second kappa shape index (κ2) is 11.4. The highest BCUT2D eigenvalue weighted by Gasteiger charge is 2.31. The maximum atomic E-state index is 12.3. The Hall–Kier alpha value is -3.69. The minimum Gasteiger partial charge on any atom is -0.459 e. The average Bonchev–Trinajstić information content (AvgIpc) is 3.28. The molecule has 3 rings (SSSR count). The van der Waals surface area contributed by atoms with Crippen molar-refractivity contribution >= 4 is 17.8 Å². The Kier molecular flexibility index (Phi) is 8.49. The summed E-state index contributed by atoms with van der Waals surface area (Å²) in [6.07, 6.45) is -4.95. The van der Waals surface area contributed by atoms with E-state index < -0.39 is 54.2 Å². The second-order valence-electron chi connectivity index (χ2n) is 7.75. The van der Waals surface area contributed by atoms with Crippen molar-refractivity contribution < 1.29 is 46.9 Å². The molecular formula is C21H23F3N4O8.